The Bertz CT molecular complexity index is 345. The number of nitrogens with two attached hydrogens (primary N) is 1. The summed E-state index contributed by atoms with van der Waals surface area (Å²) >= 11 is 0. The molecule has 0 radical (unpaired) electrons. The summed E-state index contributed by atoms with van der Waals surface area (Å²) in [5, 5.41) is 9.12. The summed E-state index contributed by atoms with van der Waals surface area (Å²) in [7, 11) is 0. The van der Waals surface area contributed by atoms with Crippen molar-refractivity contribution in [1.29, 1.82) is 0 Å². The molecule has 3 unspecified atom stereocenters. The fourth-order valence-electron chi connectivity index (χ4n) is 2.82. The summed E-state index contributed by atoms with van der Waals surface area (Å²) < 4.78 is 0. The number of hydrogen-bond acceptors (Lipinski definition) is 3. The highest BCUT2D eigenvalue weighted by molar-refractivity contribution is 5.82. The van der Waals surface area contributed by atoms with Gasteiger partial charge in [0.25, 0.3) is 0 Å². The maximum Gasteiger partial charge on any atom is 0.311 e. The minimum Gasteiger partial charge on any atom is -0.481 e. The first-order chi connectivity index (χ1) is 7.92. The number of carbonyl (C=O) groups excluding carboxylic acids is 1. The lowest BCUT2D eigenvalue weighted by atomic mass is 9.90. The zero-order valence-corrected chi connectivity index (χ0v) is 10.2. The van der Waals surface area contributed by atoms with Crippen molar-refractivity contribution in [2.45, 2.75) is 38.6 Å². The van der Waals surface area contributed by atoms with Gasteiger partial charge in [0.15, 0.2) is 0 Å². The zero-order chi connectivity index (χ0) is 12.6. The van der Waals surface area contributed by atoms with E-state index in [4.69, 9.17) is 10.8 Å². The fourth-order valence-corrected chi connectivity index (χ4v) is 2.82. The van der Waals surface area contributed by atoms with Crippen LogP contribution in [0.5, 0.6) is 0 Å². The Morgan fingerprint density at radius 3 is 2.59 bits per heavy atom. The lowest BCUT2D eigenvalue weighted by molar-refractivity contribution is -0.147. The Labute approximate surface area is 101 Å². The van der Waals surface area contributed by atoms with Gasteiger partial charge in [-0.3, -0.25) is 9.59 Å². The molecule has 96 valence electrons. The molecule has 2 aliphatic rings. The van der Waals surface area contributed by atoms with Gasteiger partial charge in [-0.2, -0.15) is 0 Å². The summed E-state index contributed by atoms with van der Waals surface area (Å²) in [5.41, 5.74) is 5.03. The van der Waals surface area contributed by atoms with Crippen LogP contribution in [0.1, 0.15) is 32.6 Å². The molecule has 1 heterocycles. The Morgan fingerprint density at radius 1 is 1.41 bits per heavy atom. The number of rotatable bonds is 2. The molecule has 17 heavy (non-hydrogen) atoms. The minimum absolute atomic E-state index is 0.0149. The third-order valence-electron chi connectivity index (χ3n) is 4.12. The highest BCUT2D eigenvalue weighted by Crippen LogP contribution is 2.33. The van der Waals surface area contributed by atoms with Crippen LogP contribution in [0.3, 0.4) is 0 Å². The standard InChI is InChI=1S/C12H20N2O3/c1-12(11(16)17)4-5-14(7-12)10(15)8-2-3-9(13)6-8/h8-9H,2-7,13H2,1H3,(H,16,17). The van der Waals surface area contributed by atoms with Crippen LogP contribution < -0.4 is 5.73 Å². The van der Waals surface area contributed by atoms with Crippen molar-refractivity contribution < 1.29 is 14.7 Å². The van der Waals surface area contributed by atoms with Crippen molar-refractivity contribution >= 4 is 11.9 Å². The molecule has 0 bridgehead atoms. The first-order valence-electron chi connectivity index (χ1n) is 6.20. The first-order valence-corrected chi connectivity index (χ1v) is 6.20. The second-order valence-corrected chi connectivity index (χ2v) is 5.65. The largest absolute Gasteiger partial charge is 0.481 e. The average molecular weight is 240 g/mol. The van der Waals surface area contributed by atoms with E-state index in [1.54, 1.807) is 11.8 Å². The van der Waals surface area contributed by atoms with E-state index in [-0.39, 0.29) is 17.9 Å². The molecule has 5 heteroatoms. The zero-order valence-electron chi connectivity index (χ0n) is 10.2. The third-order valence-corrected chi connectivity index (χ3v) is 4.12. The van der Waals surface area contributed by atoms with Crippen molar-refractivity contribution in [1.82, 2.24) is 4.90 Å². The van der Waals surface area contributed by atoms with Crippen LogP contribution in [0.2, 0.25) is 0 Å². The van der Waals surface area contributed by atoms with E-state index in [1.165, 1.54) is 0 Å². The maximum absolute atomic E-state index is 12.2. The van der Waals surface area contributed by atoms with Crippen molar-refractivity contribution in [2.75, 3.05) is 13.1 Å². The van der Waals surface area contributed by atoms with Gasteiger partial charge >= 0.3 is 5.97 Å². The van der Waals surface area contributed by atoms with Crippen LogP contribution in [-0.2, 0) is 9.59 Å². The van der Waals surface area contributed by atoms with Gasteiger partial charge in [-0.05, 0) is 32.6 Å². The number of nitrogens with zero attached hydrogens (tertiary/aromatic N) is 1. The smallest absolute Gasteiger partial charge is 0.311 e. The van der Waals surface area contributed by atoms with Crippen molar-refractivity contribution in [3.8, 4) is 0 Å². The quantitative estimate of drug-likeness (QED) is 0.733. The van der Waals surface area contributed by atoms with E-state index >= 15 is 0 Å². The minimum atomic E-state index is -0.809. The van der Waals surface area contributed by atoms with E-state index in [9.17, 15) is 9.59 Å². The van der Waals surface area contributed by atoms with Crippen molar-refractivity contribution in [2.24, 2.45) is 17.1 Å². The normalized spacial score (nSPS) is 37.4. The second-order valence-electron chi connectivity index (χ2n) is 5.65. The number of carboxylic acids is 1. The number of hydrogen-bond donors (Lipinski definition) is 2. The Hall–Kier alpha value is -1.10. The van der Waals surface area contributed by atoms with Crippen LogP contribution in [-0.4, -0.2) is 41.0 Å². The number of amides is 1. The highest BCUT2D eigenvalue weighted by Gasteiger charge is 2.43. The lowest BCUT2D eigenvalue weighted by Crippen LogP contribution is -2.37. The molecule has 3 N–H and O–H groups in total. The van der Waals surface area contributed by atoms with E-state index in [2.05, 4.69) is 0 Å². The summed E-state index contributed by atoms with van der Waals surface area (Å²) in [6.45, 7) is 2.61. The van der Waals surface area contributed by atoms with Crippen LogP contribution in [0, 0.1) is 11.3 Å². The molecule has 0 aromatic carbocycles. The number of carboxylic acid groups (broad SMARTS) is 1. The van der Waals surface area contributed by atoms with Gasteiger partial charge < -0.3 is 15.7 Å². The summed E-state index contributed by atoms with van der Waals surface area (Å²) in [5.74, 6) is -0.694. The SMILES string of the molecule is CC1(C(=O)O)CCN(C(=O)C2CCC(N)C2)C1. The summed E-state index contributed by atoms with van der Waals surface area (Å²) in [6, 6.07) is 0.136. The fraction of sp³-hybridized carbons (Fsp3) is 0.833. The van der Waals surface area contributed by atoms with Crippen LogP contribution in [0.25, 0.3) is 0 Å². The molecule has 2 fully saturated rings. The van der Waals surface area contributed by atoms with E-state index < -0.39 is 11.4 Å². The number of aliphatic carboxylic acids is 1. The Morgan fingerprint density at radius 2 is 2.12 bits per heavy atom. The average Bonchev–Trinajstić information content (AvgIpc) is 2.85. The summed E-state index contributed by atoms with van der Waals surface area (Å²) in [4.78, 5) is 25.0. The first kappa shape index (κ1) is 12.4. The van der Waals surface area contributed by atoms with Crippen LogP contribution in [0.15, 0.2) is 0 Å². The van der Waals surface area contributed by atoms with Gasteiger partial charge in [0.05, 0.1) is 5.41 Å². The van der Waals surface area contributed by atoms with Gasteiger partial charge in [-0.15, -0.1) is 0 Å². The topological polar surface area (TPSA) is 83.6 Å². The molecule has 1 saturated carbocycles. The molecule has 0 spiro atoms. The Balaban J connectivity index is 1.97. The van der Waals surface area contributed by atoms with Crippen LogP contribution in [0.4, 0.5) is 0 Å². The van der Waals surface area contributed by atoms with Gasteiger partial charge in [-0.25, -0.2) is 0 Å². The molecular weight excluding hydrogens is 220 g/mol. The van der Waals surface area contributed by atoms with Gasteiger partial charge in [-0.1, -0.05) is 0 Å². The van der Waals surface area contributed by atoms with Crippen LogP contribution >= 0.6 is 0 Å². The van der Waals surface area contributed by atoms with Crippen molar-refractivity contribution in [3.05, 3.63) is 0 Å². The molecule has 5 nitrogen and oxygen atoms in total. The van der Waals surface area contributed by atoms with Gasteiger partial charge in [0.1, 0.15) is 0 Å². The number of carbonyl (C=O) groups is 2. The number of likely N-dealkylation sites (tertiary alicyclic amines) is 1. The van der Waals surface area contributed by atoms with Gasteiger partial charge in [0.2, 0.25) is 5.91 Å². The predicted molar refractivity (Wildman–Crippen MR) is 62.3 cm³/mol. The molecule has 1 aliphatic heterocycles. The Kier molecular flexibility index (Phi) is 3.12. The van der Waals surface area contributed by atoms with E-state index in [0.717, 1.165) is 19.3 Å². The molecule has 3 atom stereocenters. The monoisotopic (exact) mass is 240 g/mol. The highest BCUT2D eigenvalue weighted by atomic mass is 16.4. The van der Waals surface area contributed by atoms with Crippen molar-refractivity contribution in [3.63, 3.8) is 0 Å². The van der Waals surface area contributed by atoms with Gasteiger partial charge in [0, 0.05) is 25.0 Å². The molecular formula is C12H20N2O3. The third kappa shape index (κ3) is 2.29. The van der Waals surface area contributed by atoms with E-state index in [0.29, 0.717) is 19.5 Å². The molecule has 1 amide bonds. The molecule has 1 saturated heterocycles. The molecule has 1 aliphatic carbocycles. The molecule has 0 aromatic heterocycles. The van der Waals surface area contributed by atoms with E-state index in [1.807, 2.05) is 0 Å². The molecule has 2 rings (SSSR count). The maximum atomic E-state index is 12.2. The lowest BCUT2D eigenvalue weighted by Gasteiger charge is -2.22. The predicted octanol–water partition coefficient (Wildman–Crippen LogP) is 0.437. The summed E-state index contributed by atoms with van der Waals surface area (Å²) in [6.07, 6.45) is 3.05. The second kappa shape index (κ2) is 4.29. The molecule has 0 aromatic rings.